The van der Waals surface area contributed by atoms with Crippen LogP contribution < -0.4 is 0 Å². The lowest BCUT2D eigenvalue weighted by Gasteiger charge is -2.30. The molecule has 1 fully saturated rings. The zero-order valence-corrected chi connectivity index (χ0v) is 7.77. The van der Waals surface area contributed by atoms with Crippen molar-refractivity contribution in [3.05, 3.63) is 12.4 Å². The Morgan fingerprint density at radius 1 is 0.917 bits per heavy atom. The molecular formula is C4H2Cl3N3O2. The largest absolute Gasteiger partial charge is 0.363 e. The Balaban J connectivity index is 2.99. The zero-order valence-electron chi connectivity index (χ0n) is 5.50. The van der Waals surface area contributed by atoms with Crippen molar-refractivity contribution in [2.75, 3.05) is 0 Å². The van der Waals surface area contributed by atoms with Gasteiger partial charge in [0.15, 0.2) is 0 Å². The van der Waals surface area contributed by atoms with Crippen LogP contribution in [0.3, 0.4) is 0 Å². The third-order valence-electron chi connectivity index (χ3n) is 1.13. The maximum Gasteiger partial charge on any atom is 0.363 e. The summed E-state index contributed by atoms with van der Waals surface area (Å²) in [5.41, 5.74) is 0. The number of carbonyl (C=O) groups excluding carboxylic acids is 2. The van der Waals surface area contributed by atoms with Gasteiger partial charge in [-0.25, -0.2) is 9.59 Å². The number of amides is 4. The fraction of sp³-hybridized carbons (Fsp3) is 0. The number of urea groups is 2. The highest BCUT2D eigenvalue weighted by molar-refractivity contribution is 6.38. The van der Waals surface area contributed by atoms with E-state index in [1.54, 1.807) is 0 Å². The van der Waals surface area contributed by atoms with E-state index in [2.05, 4.69) is 6.58 Å². The van der Waals surface area contributed by atoms with E-state index < -0.39 is 12.1 Å². The monoisotopic (exact) mass is 229 g/mol. The molecule has 0 spiro atoms. The standard InChI is InChI=1S/C4H2Cl3N3O2/c1-2-8(5)3(11)10(7)4(12)9(2)6/h1H2. The number of carbonyl (C=O) groups is 2. The number of imide groups is 1. The molecule has 4 amide bonds. The van der Waals surface area contributed by atoms with Crippen LogP contribution in [0, 0.1) is 0 Å². The van der Waals surface area contributed by atoms with E-state index in [-0.39, 0.29) is 10.2 Å². The number of hydrogen-bond donors (Lipinski definition) is 0. The molecule has 8 heteroatoms. The minimum atomic E-state index is -0.912. The first kappa shape index (κ1) is 9.44. The van der Waals surface area contributed by atoms with Crippen LogP contribution in [0.2, 0.25) is 0 Å². The lowest BCUT2D eigenvalue weighted by atomic mass is 10.6. The van der Waals surface area contributed by atoms with Gasteiger partial charge in [0.05, 0.1) is 0 Å². The normalized spacial score (nSPS) is 19.2. The van der Waals surface area contributed by atoms with Gasteiger partial charge < -0.3 is 0 Å². The molecule has 0 bridgehead atoms. The second kappa shape index (κ2) is 3.01. The van der Waals surface area contributed by atoms with Gasteiger partial charge in [0.2, 0.25) is 0 Å². The van der Waals surface area contributed by atoms with Crippen molar-refractivity contribution in [3.63, 3.8) is 0 Å². The average Bonchev–Trinajstić information content (AvgIpc) is 2.08. The van der Waals surface area contributed by atoms with Crippen molar-refractivity contribution in [2.24, 2.45) is 0 Å². The number of halogens is 3. The van der Waals surface area contributed by atoms with Crippen LogP contribution in [0.15, 0.2) is 12.4 Å². The average molecular weight is 230 g/mol. The van der Waals surface area contributed by atoms with Crippen molar-refractivity contribution in [1.29, 1.82) is 0 Å². The molecule has 0 unspecified atom stereocenters. The van der Waals surface area contributed by atoms with Crippen LogP contribution in [0.1, 0.15) is 0 Å². The van der Waals surface area contributed by atoms with Crippen LogP contribution in [-0.4, -0.2) is 25.3 Å². The molecule has 0 aromatic carbocycles. The lowest BCUT2D eigenvalue weighted by molar-refractivity contribution is 0.176. The van der Waals surface area contributed by atoms with Crippen LogP contribution in [0.4, 0.5) is 9.59 Å². The molecular weight excluding hydrogens is 228 g/mol. The molecule has 0 aromatic heterocycles. The smallest absolute Gasteiger partial charge is 0.245 e. The summed E-state index contributed by atoms with van der Waals surface area (Å²) < 4.78 is 1.30. The number of hydrogen-bond acceptors (Lipinski definition) is 2. The van der Waals surface area contributed by atoms with Crippen molar-refractivity contribution in [1.82, 2.24) is 13.3 Å². The van der Waals surface area contributed by atoms with Gasteiger partial charge in [-0.2, -0.15) is 8.84 Å². The van der Waals surface area contributed by atoms with Crippen molar-refractivity contribution < 1.29 is 9.59 Å². The summed E-state index contributed by atoms with van der Waals surface area (Å²) in [7, 11) is 0. The Morgan fingerprint density at radius 3 is 1.58 bits per heavy atom. The molecule has 1 aliphatic heterocycles. The molecule has 12 heavy (non-hydrogen) atoms. The van der Waals surface area contributed by atoms with Crippen LogP contribution in [-0.2, 0) is 0 Å². The molecule has 1 aliphatic rings. The predicted octanol–water partition coefficient (Wildman–Crippen LogP) is 2.08. The molecule has 0 aliphatic carbocycles. The first-order valence-corrected chi connectivity index (χ1v) is 3.62. The first-order chi connectivity index (χ1) is 5.46. The van der Waals surface area contributed by atoms with Gasteiger partial charge in [-0.1, -0.05) is 6.58 Å². The first-order valence-electron chi connectivity index (χ1n) is 2.61. The molecule has 1 heterocycles. The van der Waals surface area contributed by atoms with E-state index in [1.165, 1.54) is 0 Å². The quantitative estimate of drug-likeness (QED) is 0.598. The summed E-state index contributed by atoms with van der Waals surface area (Å²) in [5, 5.41) is 0. The van der Waals surface area contributed by atoms with Gasteiger partial charge in [-0.3, -0.25) is 0 Å². The van der Waals surface area contributed by atoms with Crippen LogP contribution in [0.5, 0.6) is 0 Å². The SMILES string of the molecule is C=C1N(Cl)C(=O)N(Cl)C(=O)N1Cl. The van der Waals surface area contributed by atoms with Gasteiger partial charge in [0, 0.05) is 35.3 Å². The van der Waals surface area contributed by atoms with Crippen LogP contribution in [0.25, 0.3) is 0 Å². The summed E-state index contributed by atoms with van der Waals surface area (Å²) >= 11 is 15.9. The molecule has 66 valence electrons. The molecule has 5 nitrogen and oxygen atoms in total. The van der Waals surface area contributed by atoms with E-state index >= 15 is 0 Å². The summed E-state index contributed by atoms with van der Waals surface area (Å²) in [5.74, 6) is -0.162. The second-order valence-corrected chi connectivity index (χ2v) is 2.84. The maximum absolute atomic E-state index is 10.9. The van der Waals surface area contributed by atoms with E-state index in [0.717, 1.165) is 0 Å². The molecule has 1 rings (SSSR count). The van der Waals surface area contributed by atoms with E-state index in [9.17, 15) is 9.59 Å². The van der Waals surface area contributed by atoms with Gasteiger partial charge in [-0.05, 0) is 0 Å². The topological polar surface area (TPSA) is 43.9 Å². The Kier molecular flexibility index (Phi) is 2.36. The third kappa shape index (κ3) is 1.20. The highest BCUT2D eigenvalue weighted by Gasteiger charge is 2.38. The minimum Gasteiger partial charge on any atom is -0.245 e. The molecule has 0 radical (unpaired) electrons. The molecule has 1 saturated heterocycles. The van der Waals surface area contributed by atoms with Crippen molar-refractivity contribution in [3.8, 4) is 0 Å². The summed E-state index contributed by atoms with van der Waals surface area (Å²) in [6.45, 7) is 3.27. The predicted molar refractivity (Wildman–Crippen MR) is 43.0 cm³/mol. The summed E-state index contributed by atoms with van der Waals surface area (Å²) in [6.07, 6.45) is 0. The highest BCUT2D eigenvalue weighted by atomic mass is 35.5. The molecule has 0 saturated carbocycles. The molecule has 0 N–H and O–H groups in total. The van der Waals surface area contributed by atoms with Gasteiger partial charge >= 0.3 is 12.1 Å². The highest BCUT2D eigenvalue weighted by Crippen LogP contribution is 2.25. The van der Waals surface area contributed by atoms with Gasteiger partial charge in [0.1, 0.15) is 5.82 Å². The van der Waals surface area contributed by atoms with E-state index in [4.69, 9.17) is 35.3 Å². The fourth-order valence-corrected chi connectivity index (χ4v) is 1.10. The third-order valence-corrected chi connectivity index (χ3v) is 2.09. The van der Waals surface area contributed by atoms with E-state index in [0.29, 0.717) is 8.84 Å². The Morgan fingerprint density at radius 2 is 1.25 bits per heavy atom. The van der Waals surface area contributed by atoms with Crippen LogP contribution >= 0.6 is 35.3 Å². The summed E-state index contributed by atoms with van der Waals surface area (Å²) in [4.78, 5) is 21.8. The maximum atomic E-state index is 10.9. The van der Waals surface area contributed by atoms with Crippen molar-refractivity contribution in [2.45, 2.75) is 0 Å². The fourth-order valence-electron chi connectivity index (χ4n) is 0.534. The zero-order chi connectivity index (χ0) is 9.46. The minimum absolute atomic E-state index is 0.162. The molecule has 0 atom stereocenters. The van der Waals surface area contributed by atoms with Crippen molar-refractivity contribution >= 4 is 47.4 Å². The Hall–Kier alpha value is -0.650. The lowest BCUT2D eigenvalue weighted by Crippen LogP contribution is -2.49. The summed E-state index contributed by atoms with van der Waals surface area (Å²) in [6, 6.07) is -1.82. The Bertz CT molecular complexity index is 207. The second-order valence-electron chi connectivity index (χ2n) is 1.82. The van der Waals surface area contributed by atoms with E-state index in [1.807, 2.05) is 0 Å². The number of nitrogens with zero attached hydrogens (tertiary/aromatic N) is 3. The van der Waals surface area contributed by atoms with Gasteiger partial charge in [-0.15, -0.1) is 4.42 Å². The Labute approximate surface area is 83.0 Å². The number of rotatable bonds is 0. The molecule has 0 aromatic rings. The van der Waals surface area contributed by atoms with Gasteiger partial charge in [0.25, 0.3) is 0 Å².